The first-order chi connectivity index (χ1) is 16.7. The van der Waals surface area contributed by atoms with Gasteiger partial charge in [0.05, 0.1) is 0 Å². The van der Waals surface area contributed by atoms with Crippen LogP contribution in [0, 0.1) is 5.92 Å². The Kier molecular flexibility index (Phi) is 14.0. The van der Waals surface area contributed by atoms with Gasteiger partial charge in [-0.15, -0.1) is 22.6 Å². The van der Waals surface area contributed by atoms with Gasteiger partial charge in [-0.25, -0.2) is 0 Å². The normalized spacial score (nSPS) is 16.0. The Hall–Kier alpha value is -1.65. The molecule has 0 saturated heterocycles. The van der Waals surface area contributed by atoms with Crippen molar-refractivity contribution < 1.29 is 18.8 Å². The Morgan fingerprint density at radius 3 is 2.28 bits per heavy atom. The van der Waals surface area contributed by atoms with Crippen LogP contribution in [0.4, 0.5) is 0 Å². The second-order valence-electron chi connectivity index (χ2n) is 9.98. The molecule has 0 aromatic carbocycles. The predicted molar refractivity (Wildman–Crippen MR) is 144 cm³/mol. The van der Waals surface area contributed by atoms with Gasteiger partial charge < -0.3 is 19.5 Å². The molecule has 0 aliphatic heterocycles. The van der Waals surface area contributed by atoms with Crippen molar-refractivity contribution in [3.05, 3.63) is 5.89 Å². The average Bonchev–Trinajstić information content (AvgIpc) is 3.27. The van der Waals surface area contributed by atoms with E-state index in [0.29, 0.717) is 37.5 Å². The number of amides is 2. The summed E-state index contributed by atoms with van der Waals surface area (Å²) in [6.45, 7) is 14.6. The lowest BCUT2D eigenvalue weighted by molar-refractivity contribution is -0.137. The Morgan fingerprint density at radius 1 is 1.11 bits per heavy atom. The van der Waals surface area contributed by atoms with E-state index in [-0.39, 0.29) is 41.2 Å². The standard InChI is InChI=1S/C25H43N5O4S.ClH/c1-7-29(8-2)15-12-21(32)26-25(13-10-9-11-14-25)30(17-31)20(16-18(3)4)22(33)23-27-28-24(34-23)35-19(5)6;/h17-20H,7-16H2,1-6H3,(H,26,32);1H. The van der Waals surface area contributed by atoms with Crippen molar-refractivity contribution in [3.63, 3.8) is 0 Å². The molecule has 1 aromatic rings. The van der Waals surface area contributed by atoms with Gasteiger partial charge in [-0.05, 0) is 51.1 Å². The van der Waals surface area contributed by atoms with Crippen LogP contribution in [0.2, 0.25) is 0 Å². The highest BCUT2D eigenvalue weighted by Crippen LogP contribution is 2.34. The van der Waals surface area contributed by atoms with Gasteiger partial charge in [-0.1, -0.05) is 59.7 Å². The molecule has 1 unspecified atom stereocenters. The number of rotatable bonds is 15. The summed E-state index contributed by atoms with van der Waals surface area (Å²) in [5, 5.41) is 11.7. The Bertz CT molecular complexity index is 825. The van der Waals surface area contributed by atoms with Gasteiger partial charge in [0, 0.05) is 18.2 Å². The molecule has 2 amide bonds. The van der Waals surface area contributed by atoms with Crippen molar-refractivity contribution in [3.8, 4) is 0 Å². The molecule has 1 fully saturated rings. The van der Waals surface area contributed by atoms with Crippen LogP contribution in [-0.2, 0) is 9.59 Å². The van der Waals surface area contributed by atoms with Crippen molar-refractivity contribution in [2.45, 2.75) is 109 Å². The molecule has 9 nitrogen and oxygen atoms in total. The number of Topliss-reactive ketones (excluding diaryl/α,β-unsaturated/α-hetero) is 1. The fourth-order valence-corrected chi connectivity index (χ4v) is 5.29. The first kappa shape index (κ1) is 32.4. The molecule has 1 aliphatic rings. The molecule has 1 N–H and O–H groups in total. The molecule has 36 heavy (non-hydrogen) atoms. The number of carbonyl (C=O) groups excluding carboxylic acids is 3. The van der Waals surface area contributed by atoms with Crippen LogP contribution >= 0.6 is 24.2 Å². The SMILES string of the molecule is CCN(CC)CCC(=O)NC1(N(C=O)C(CC(C)C)C(=O)c2nnc(SC(C)C)o2)CCCCC1.Cl. The zero-order chi connectivity index (χ0) is 26.0. The van der Waals surface area contributed by atoms with Crippen LogP contribution in [0.15, 0.2) is 9.64 Å². The predicted octanol–water partition coefficient (Wildman–Crippen LogP) is 4.56. The second kappa shape index (κ2) is 15.6. The third kappa shape index (κ3) is 9.03. The van der Waals surface area contributed by atoms with Crippen LogP contribution in [0.25, 0.3) is 0 Å². The quantitative estimate of drug-likeness (QED) is 0.148. The van der Waals surface area contributed by atoms with Gasteiger partial charge >= 0.3 is 0 Å². The van der Waals surface area contributed by atoms with E-state index in [2.05, 4.69) is 34.3 Å². The minimum Gasteiger partial charge on any atom is -0.408 e. The number of nitrogens with one attached hydrogen (secondary N) is 1. The molecule has 1 saturated carbocycles. The minimum absolute atomic E-state index is 0. The maximum atomic E-state index is 13.6. The average molecular weight is 546 g/mol. The maximum absolute atomic E-state index is 13.6. The summed E-state index contributed by atoms with van der Waals surface area (Å²) in [6.07, 6.45) is 5.51. The summed E-state index contributed by atoms with van der Waals surface area (Å²) in [7, 11) is 0. The van der Waals surface area contributed by atoms with Crippen LogP contribution < -0.4 is 5.32 Å². The molecular weight excluding hydrogens is 502 g/mol. The van der Waals surface area contributed by atoms with Gasteiger partial charge in [-0.3, -0.25) is 14.4 Å². The topological polar surface area (TPSA) is 109 Å². The highest BCUT2D eigenvalue weighted by Gasteiger charge is 2.45. The number of hydrogen-bond acceptors (Lipinski definition) is 8. The largest absolute Gasteiger partial charge is 0.408 e. The van der Waals surface area contributed by atoms with E-state index in [0.717, 1.165) is 38.8 Å². The smallest absolute Gasteiger partial charge is 0.286 e. The van der Waals surface area contributed by atoms with Crippen LogP contribution in [-0.4, -0.2) is 74.7 Å². The van der Waals surface area contributed by atoms with Crippen molar-refractivity contribution in [2.24, 2.45) is 5.92 Å². The fraction of sp³-hybridized carbons (Fsp3) is 0.800. The minimum atomic E-state index is -0.898. The molecule has 11 heteroatoms. The number of ketones is 1. The summed E-state index contributed by atoms with van der Waals surface area (Å²) in [5.41, 5.74) is -0.898. The molecule has 1 aromatic heterocycles. The van der Waals surface area contributed by atoms with Gasteiger partial charge in [-0.2, -0.15) is 0 Å². The van der Waals surface area contributed by atoms with Gasteiger partial charge in [0.15, 0.2) is 0 Å². The third-order valence-electron chi connectivity index (χ3n) is 6.50. The lowest BCUT2D eigenvalue weighted by Crippen LogP contribution is -2.65. The number of nitrogens with zero attached hydrogens (tertiary/aromatic N) is 4. The summed E-state index contributed by atoms with van der Waals surface area (Å²) < 4.78 is 5.66. The molecular formula is C25H44ClN5O4S. The lowest BCUT2D eigenvalue weighted by Gasteiger charge is -2.48. The van der Waals surface area contributed by atoms with Crippen molar-refractivity contribution >= 4 is 42.3 Å². The van der Waals surface area contributed by atoms with E-state index in [1.165, 1.54) is 11.8 Å². The molecule has 1 aliphatic carbocycles. The number of aromatic nitrogens is 2. The van der Waals surface area contributed by atoms with Crippen molar-refractivity contribution in [1.29, 1.82) is 0 Å². The summed E-state index contributed by atoms with van der Waals surface area (Å²) in [6, 6.07) is -0.800. The number of halogens is 1. The van der Waals surface area contributed by atoms with E-state index < -0.39 is 11.7 Å². The summed E-state index contributed by atoms with van der Waals surface area (Å²) in [5.74, 6) is -0.437. The Balaban J connectivity index is 0.00000648. The fourth-order valence-electron chi connectivity index (χ4n) is 4.67. The highest BCUT2D eigenvalue weighted by molar-refractivity contribution is 7.99. The molecule has 0 bridgehead atoms. The zero-order valence-corrected chi connectivity index (χ0v) is 24.3. The van der Waals surface area contributed by atoms with Gasteiger partial charge in [0.25, 0.3) is 11.1 Å². The lowest BCUT2D eigenvalue weighted by atomic mass is 9.85. The summed E-state index contributed by atoms with van der Waals surface area (Å²) in [4.78, 5) is 43.0. The zero-order valence-electron chi connectivity index (χ0n) is 22.6. The molecule has 2 rings (SSSR count). The van der Waals surface area contributed by atoms with E-state index >= 15 is 0 Å². The van der Waals surface area contributed by atoms with E-state index in [4.69, 9.17) is 4.42 Å². The number of thioether (sulfide) groups is 1. The van der Waals surface area contributed by atoms with E-state index in [9.17, 15) is 14.4 Å². The molecule has 1 atom stereocenters. The van der Waals surface area contributed by atoms with E-state index in [1.54, 1.807) is 4.90 Å². The summed E-state index contributed by atoms with van der Waals surface area (Å²) >= 11 is 1.39. The monoisotopic (exact) mass is 545 g/mol. The van der Waals surface area contributed by atoms with Crippen molar-refractivity contribution in [1.82, 2.24) is 25.3 Å². The Labute approximate surface area is 226 Å². The number of hydrogen-bond donors (Lipinski definition) is 1. The van der Waals surface area contributed by atoms with Gasteiger partial charge in [0.1, 0.15) is 11.7 Å². The Morgan fingerprint density at radius 2 is 1.75 bits per heavy atom. The van der Waals surface area contributed by atoms with Crippen LogP contribution in [0.1, 0.15) is 97.2 Å². The molecule has 0 radical (unpaired) electrons. The molecule has 0 spiro atoms. The molecule has 206 valence electrons. The first-order valence-electron chi connectivity index (χ1n) is 13.0. The maximum Gasteiger partial charge on any atom is 0.286 e. The first-order valence-corrected chi connectivity index (χ1v) is 13.8. The second-order valence-corrected chi connectivity index (χ2v) is 11.5. The van der Waals surface area contributed by atoms with Crippen LogP contribution in [0.3, 0.4) is 0 Å². The van der Waals surface area contributed by atoms with Gasteiger partial charge in [0.2, 0.25) is 18.1 Å². The third-order valence-corrected chi connectivity index (χ3v) is 7.34. The van der Waals surface area contributed by atoms with E-state index in [1.807, 2.05) is 27.7 Å². The highest BCUT2D eigenvalue weighted by atomic mass is 35.5. The van der Waals surface area contributed by atoms with Crippen molar-refractivity contribution in [2.75, 3.05) is 19.6 Å². The van der Waals surface area contributed by atoms with Crippen LogP contribution in [0.5, 0.6) is 0 Å². The number of carbonyl (C=O) groups is 3. The molecule has 1 heterocycles.